The minimum absolute atomic E-state index is 0.151. The van der Waals surface area contributed by atoms with Gasteiger partial charge in [-0.2, -0.15) is 0 Å². The third-order valence-corrected chi connectivity index (χ3v) is 6.68. The molecule has 1 N–H and O–H groups in total. The minimum Gasteiger partial charge on any atom is -0.354 e. The predicted molar refractivity (Wildman–Crippen MR) is 122 cm³/mol. The Morgan fingerprint density at radius 1 is 0.969 bits per heavy atom. The van der Waals surface area contributed by atoms with Gasteiger partial charge in [0.2, 0.25) is 0 Å². The summed E-state index contributed by atoms with van der Waals surface area (Å²) in [6.07, 6.45) is 1.80. The van der Waals surface area contributed by atoms with Crippen molar-refractivity contribution in [3.63, 3.8) is 0 Å². The van der Waals surface area contributed by atoms with E-state index in [9.17, 15) is 18.5 Å². The highest BCUT2D eigenvalue weighted by Crippen LogP contribution is 2.21. The summed E-state index contributed by atoms with van der Waals surface area (Å²) < 4.78 is 27.6. The molecule has 2 heterocycles. The number of piperazine rings is 1. The molecule has 32 heavy (non-hydrogen) atoms. The van der Waals surface area contributed by atoms with Crippen LogP contribution in [0.5, 0.6) is 0 Å². The van der Waals surface area contributed by atoms with Gasteiger partial charge >= 0.3 is 0 Å². The van der Waals surface area contributed by atoms with E-state index >= 15 is 0 Å². The summed E-state index contributed by atoms with van der Waals surface area (Å²) in [5.41, 5.74) is 1.21. The second-order valence-electron chi connectivity index (χ2n) is 7.51. The van der Waals surface area contributed by atoms with Gasteiger partial charge in [0.25, 0.3) is 15.7 Å². The van der Waals surface area contributed by atoms with Gasteiger partial charge < -0.3 is 4.90 Å². The van der Waals surface area contributed by atoms with E-state index in [2.05, 4.69) is 19.5 Å². The second-order valence-corrected chi connectivity index (χ2v) is 9.19. The van der Waals surface area contributed by atoms with E-state index in [0.29, 0.717) is 5.69 Å². The number of anilines is 2. The van der Waals surface area contributed by atoms with Crippen LogP contribution in [0.3, 0.4) is 0 Å². The molecule has 0 aliphatic carbocycles. The standard InChI is InChI=1S/C22H23N5O4S/c28-27(29)20-4-3-5-21(16-20)32(30,31)24-19-9-7-18(8-10-19)17-25-12-14-26(15-13-25)22-6-1-2-11-23-22/h1-11,16,24H,12-15,17H2. The van der Waals surface area contributed by atoms with E-state index in [1.165, 1.54) is 18.2 Å². The normalized spacial score (nSPS) is 14.8. The first kappa shape index (κ1) is 21.7. The molecule has 0 unspecified atom stereocenters. The Labute approximate surface area is 186 Å². The number of nitrogens with one attached hydrogen (secondary N) is 1. The van der Waals surface area contributed by atoms with Gasteiger partial charge in [-0.1, -0.05) is 24.3 Å². The molecule has 1 aromatic heterocycles. The summed E-state index contributed by atoms with van der Waals surface area (Å²) in [5, 5.41) is 10.9. The summed E-state index contributed by atoms with van der Waals surface area (Å²) in [4.78, 5) is 19.2. The van der Waals surface area contributed by atoms with Crippen LogP contribution in [0.4, 0.5) is 17.2 Å². The van der Waals surface area contributed by atoms with Crippen molar-refractivity contribution in [2.24, 2.45) is 0 Å². The molecule has 0 atom stereocenters. The Bertz CT molecular complexity index is 1180. The molecule has 10 heteroatoms. The van der Waals surface area contributed by atoms with Gasteiger partial charge in [-0.15, -0.1) is 0 Å². The number of hydrogen-bond acceptors (Lipinski definition) is 7. The second kappa shape index (κ2) is 9.33. The average molecular weight is 454 g/mol. The smallest absolute Gasteiger partial charge is 0.270 e. The lowest BCUT2D eigenvalue weighted by Gasteiger charge is -2.35. The molecule has 1 fully saturated rings. The Morgan fingerprint density at radius 3 is 2.38 bits per heavy atom. The van der Waals surface area contributed by atoms with E-state index in [0.717, 1.165) is 50.2 Å². The number of pyridine rings is 1. The highest BCUT2D eigenvalue weighted by atomic mass is 32.2. The first-order valence-corrected chi connectivity index (χ1v) is 11.6. The zero-order valence-electron chi connectivity index (χ0n) is 17.3. The van der Waals surface area contributed by atoms with Gasteiger partial charge in [0.1, 0.15) is 5.82 Å². The molecule has 0 saturated carbocycles. The van der Waals surface area contributed by atoms with Gasteiger partial charge in [-0.05, 0) is 35.9 Å². The molecule has 0 bridgehead atoms. The van der Waals surface area contributed by atoms with Crippen LogP contribution >= 0.6 is 0 Å². The van der Waals surface area contributed by atoms with Crippen molar-refractivity contribution in [1.82, 2.24) is 9.88 Å². The Hall–Kier alpha value is -3.50. The molecule has 0 spiro atoms. The van der Waals surface area contributed by atoms with Crippen LogP contribution < -0.4 is 9.62 Å². The van der Waals surface area contributed by atoms with Crippen LogP contribution in [-0.2, 0) is 16.6 Å². The fourth-order valence-electron chi connectivity index (χ4n) is 3.59. The van der Waals surface area contributed by atoms with Crippen molar-refractivity contribution in [3.05, 3.63) is 88.6 Å². The monoisotopic (exact) mass is 453 g/mol. The Morgan fingerprint density at radius 2 is 1.72 bits per heavy atom. The lowest BCUT2D eigenvalue weighted by Crippen LogP contribution is -2.46. The molecule has 1 aliphatic rings. The molecule has 9 nitrogen and oxygen atoms in total. The highest BCUT2D eigenvalue weighted by molar-refractivity contribution is 7.92. The molecule has 0 amide bonds. The van der Waals surface area contributed by atoms with Gasteiger partial charge in [-0.25, -0.2) is 13.4 Å². The quantitative estimate of drug-likeness (QED) is 0.432. The van der Waals surface area contributed by atoms with Crippen LogP contribution in [0.25, 0.3) is 0 Å². The lowest BCUT2D eigenvalue weighted by atomic mass is 10.2. The van der Waals surface area contributed by atoms with E-state index in [1.54, 1.807) is 18.3 Å². The SMILES string of the molecule is O=[N+]([O-])c1cccc(S(=O)(=O)Nc2ccc(CN3CCN(c4ccccn4)CC3)cc2)c1. The summed E-state index contributed by atoms with van der Waals surface area (Å²) in [6, 6.07) is 18.1. The van der Waals surface area contributed by atoms with Crippen LogP contribution in [0.15, 0.2) is 77.8 Å². The number of sulfonamides is 1. The number of non-ortho nitro benzene ring substituents is 1. The van der Waals surface area contributed by atoms with Crippen molar-refractivity contribution in [3.8, 4) is 0 Å². The maximum Gasteiger partial charge on any atom is 0.270 e. The number of rotatable bonds is 7. The van der Waals surface area contributed by atoms with E-state index in [4.69, 9.17) is 0 Å². The lowest BCUT2D eigenvalue weighted by molar-refractivity contribution is -0.385. The van der Waals surface area contributed by atoms with Crippen molar-refractivity contribution in [2.75, 3.05) is 35.8 Å². The van der Waals surface area contributed by atoms with Crippen LogP contribution in [0, 0.1) is 10.1 Å². The van der Waals surface area contributed by atoms with Crippen molar-refractivity contribution >= 4 is 27.2 Å². The van der Waals surface area contributed by atoms with Gasteiger partial charge in [0.05, 0.1) is 9.82 Å². The van der Waals surface area contributed by atoms with E-state index < -0.39 is 14.9 Å². The first-order chi connectivity index (χ1) is 15.4. The molecule has 0 radical (unpaired) electrons. The molecule has 166 valence electrons. The Kier molecular flexibility index (Phi) is 6.33. The fraction of sp³-hybridized carbons (Fsp3) is 0.227. The zero-order chi connectivity index (χ0) is 22.6. The average Bonchev–Trinajstić information content (AvgIpc) is 2.81. The number of nitro groups is 1. The summed E-state index contributed by atoms with van der Waals surface area (Å²) >= 11 is 0. The third kappa shape index (κ3) is 5.21. The van der Waals surface area contributed by atoms with E-state index in [1.807, 2.05) is 30.3 Å². The number of nitro benzene ring substituents is 1. The summed E-state index contributed by atoms with van der Waals surface area (Å²) in [5.74, 6) is 0.993. The van der Waals surface area contributed by atoms with Crippen LogP contribution in [-0.4, -0.2) is 49.4 Å². The van der Waals surface area contributed by atoms with Gasteiger partial charge in [-0.3, -0.25) is 19.7 Å². The van der Waals surface area contributed by atoms with Crippen molar-refractivity contribution < 1.29 is 13.3 Å². The zero-order valence-corrected chi connectivity index (χ0v) is 18.1. The minimum atomic E-state index is -3.92. The summed E-state index contributed by atoms with van der Waals surface area (Å²) in [7, 11) is -3.92. The third-order valence-electron chi connectivity index (χ3n) is 5.30. The molecular weight excluding hydrogens is 430 g/mol. The maximum absolute atomic E-state index is 12.6. The number of hydrogen-bond donors (Lipinski definition) is 1. The number of aromatic nitrogens is 1. The van der Waals surface area contributed by atoms with E-state index in [-0.39, 0.29) is 10.6 Å². The fourth-order valence-corrected chi connectivity index (χ4v) is 4.69. The van der Waals surface area contributed by atoms with Crippen molar-refractivity contribution in [2.45, 2.75) is 11.4 Å². The topological polar surface area (TPSA) is 109 Å². The van der Waals surface area contributed by atoms with Crippen molar-refractivity contribution in [1.29, 1.82) is 0 Å². The summed E-state index contributed by atoms with van der Waals surface area (Å²) in [6.45, 7) is 4.40. The molecule has 4 rings (SSSR count). The molecule has 1 aliphatic heterocycles. The maximum atomic E-state index is 12.6. The van der Waals surface area contributed by atoms with Crippen LogP contribution in [0.2, 0.25) is 0 Å². The van der Waals surface area contributed by atoms with Crippen LogP contribution in [0.1, 0.15) is 5.56 Å². The molecule has 3 aromatic rings. The number of nitrogens with zero attached hydrogens (tertiary/aromatic N) is 4. The van der Waals surface area contributed by atoms with Gasteiger partial charge in [0.15, 0.2) is 0 Å². The Balaban J connectivity index is 1.34. The largest absolute Gasteiger partial charge is 0.354 e. The van der Waals surface area contributed by atoms with Gasteiger partial charge in [0, 0.05) is 56.7 Å². The highest BCUT2D eigenvalue weighted by Gasteiger charge is 2.19. The molecule has 2 aromatic carbocycles. The first-order valence-electron chi connectivity index (χ1n) is 10.2. The number of benzene rings is 2. The predicted octanol–water partition coefficient (Wildman–Crippen LogP) is 3.11. The molecule has 1 saturated heterocycles. The molecular formula is C22H23N5O4S.